The van der Waals surface area contributed by atoms with E-state index in [2.05, 4.69) is 6.08 Å². The summed E-state index contributed by atoms with van der Waals surface area (Å²) in [6.07, 6.45) is 8.79. The van der Waals surface area contributed by atoms with Gasteiger partial charge in [0, 0.05) is 6.42 Å². The number of ketones is 1. The third-order valence-electron chi connectivity index (χ3n) is 3.46. The lowest BCUT2D eigenvalue weighted by Gasteiger charge is -2.10. The molecule has 18 heavy (non-hydrogen) atoms. The second-order valence-corrected chi connectivity index (χ2v) is 4.87. The molecular weight excluding hydrogens is 227 g/mol. The van der Waals surface area contributed by atoms with E-state index in [1.807, 2.05) is 0 Å². The summed E-state index contributed by atoms with van der Waals surface area (Å²) in [6.45, 7) is 0. The van der Waals surface area contributed by atoms with Crippen LogP contribution in [0.5, 0.6) is 0 Å². The van der Waals surface area contributed by atoms with Crippen LogP contribution < -0.4 is 0 Å². The fourth-order valence-corrected chi connectivity index (χ4v) is 2.37. The molecule has 0 fully saturated rings. The predicted octanol–water partition coefficient (Wildman–Crippen LogP) is 4.22. The molecule has 0 saturated heterocycles. The van der Waals surface area contributed by atoms with Crippen molar-refractivity contribution in [3.63, 3.8) is 0 Å². The predicted molar refractivity (Wildman–Crippen MR) is 70.9 cm³/mol. The zero-order chi connectivity index (χ0) is 12.8. The van der Waals surface area contributed by atoms with E-state index in [9.17, 15) is 9.18 Å². The molecule has 0 unspecified atom stereocenters. The van der Waals surface area contributed by atoms with Crippen LogP contribution in [0.1, 0.15) is 44.1 Å². The first kappa shape index (κ1) is 13.0. The number of carbonyl (C=O) groups excluding carboxylic acids is 1. The highest BCUT2D eigenvalue weighted by atomic mass is 19.1. The Balaban J connectivity index is 2.04. The molecule has 1 aliphatic rings. The number of halogens is 1. The molecule has 1 aromatic carbocycles. The summed E-state index contributed by atoms with van der Waals surface area (Å²) < 4.78 is 13.5. The molecule has 0 radical (unpaired) electrons. The van der Waals surface area contributed by atoms with Crippen LogP contribution in [0.3, 0.4) is 0 Å². The first-order chi connectivity index (χ1) is 8.77. The van der Waals surface area contributed by atoms with Crippen LogP contribution in [-0.2, 0) is 11.2 Å². The zero-order valence-corrected chi connectivity index (χ0v) is 10.6. The molecule has 2 heteroatoms. The Morgan fingerprint density at radius 1 is 1.11 bits per heavy atom. The molecule has 96 valence electrons. The molecule has 1 aliphatic carbocycles. The molecule has 1 aromatic rings. The maximum atomic E-state index is 13.5. The van der Waals surface area contributed by atoms with Crippen molar-refractivity contribution in [2.75, 3.05) is 0 Å². The van der Waals surface area contributed by atoms with Gasteiger partial charge in [0.15, 0.2) is 5.78 Å². The highest BCUT2D eigenvalue weighted by molar-refractivity contribution is 5.96. The maximum Gasteiger partial charge on any atom is 0.163 e. The lowest BCUT2D eigenvalue weighted by Crippen LogP contribution is -2.09. The Labute approximate surface area is 108 Å². The Hall–Kier alpha value is -1.44. The van der Waals surface area contributed by atoms with Crippen molar-refractivity contribution in [1.29, 1.82) is 0 Å². The van der Waals surface area contributed by atoms with E-state index >= 15 is 0 Å². The number of Topliss-reactive ketones (excluding diaryl/α,β-unsaturated/α-hetero) is 1. The average Bonchev–Trinajstić information content (AvgIpc) is 2.31. The minimum absolute atomic E-state index is 0.0852. The molecule has 0 saturated carbocycles. The standard InChI is InChI=1S/C16H19FO/c17-15-11-7-6-10-14(15)12-16(18)13-8-4-2-1-3-5-9-13/h6-8,10-11H,1-5,9,12H2/b13-8+. The minimum Gasteiger partial charge on any atom is -0.294 e. The molecule has 2 rings (SSSR count). The van der Waals surface area contributed by atoms with Crippen LogP contribution in [0.2, 0.25) is 0 Å². The Bertz CT molecular complexity index is 448. The summed E-state index contributed by atoms with van der Waals surface area (Å²) in [5.41, 5.74) is 1.41. The van der Waals surface area contributed by atoms with Crippen LogP contribution in [-0.4, -0.2) is 5.78 Å². The molecule has 0 aliphatic heterocycles. The van der Waals surface area contributed by atoms with E-state index in [0.29, 0.717) is 5.56 Å². The van der Waals surface area contributed by atoms with Gasteiger partial charge in [0.2, 0.25) is 0 Å². The molecule has 0 spiro atoms. The Morgan fingerprint density at radius 2 is 1.89 bits per heavy atom. The van der Waals surface area contributed by atoms with Crippen LogP contribution in [0.4, 0.5) is 4.39 Å². The molecule has 0 atom stereocenters. The van der Waals surface area contributed by atoms with E-state index in [1.165, 1.54) is 18.9 Å². The molecule has 0 N–H and O–H groups in total. The van der Waals surface area contributed by atoms with Gasteiger partial charge in [0.05, 0.1) is 0 Å². The fraction of sp³-hybridized carbons (Fsp3) is 0.438. The van der Waals surface area contributed by atoms with Crippen LogP contribution in [0.15, 0.2) is 35.9 Å². The van der Waals surface area contributed by atoms with E-state index in [-0.39, 0.29) is 18.0 Å². The van der Waals surface area contributed by atoms with Crippen molar-refractivity contribution in [2.24, 2.45) is 0 Å². The van der Waals surface area contributed by atoms with Crippen molar-refractivity contribution in [1.82, 2.24) is 0 Å². The number of carbonyl (C=O) groups is 1. The fourth-order valence-electron chi connectivity index (χ4n) is 2.37. The van der Waals surface area contributed by atoms with Gasteiger partial charge in [-0.2, -0.15) is 0 Å². The summed E-state index contributed by atoms with van der Waals surface area (Å²) in [4.78, 5) is 12.1. The van der Waals surface area contributed by atoms with Crippen molar-refractivity contribution in [2.45, 2.75) is 44.9 Å². The van der Waals surface area contributed by atoms with Gasteiger partial charge >= 0.3 is 0 Å². The van der Waals surface area contributed by atoms with Gasteiger partial charge in [-0.3, -0.25) is 4.79 Å². The number of hydrogen-bond acceptors (Lipinski definition) is 1. The summed E-state index contributed by atoms with van der Waals surface area (Å²) >= 11 is 0. The molecule has 1 nitrogen and oxygen atoms in total. The monoisotopic (exact) mass is 246 g/mol. The first-order valence-corrected chi connectivity index (χ1v) is 6.73. The van der Waals surface area contributed by atoms with Crippen LogP contribution in [0, 0.1) is 5.82 Å². The molecule has 0 aromatic heterocycles. The van der Waals surface area contributed by atoms with Gasteiger partial charge < -0.3 is 0 Å². The van der Waals surface area contributed by atoms with Crippen molar-refractivity contribution >= 4 is 5.78 Å². The smallest absolute Gasteiger partial charge is 0.163 e. The highest BCUT2D eigenvalue weighted by Gasteiger charge is 2.13. The lowest BCUT2D eigenvalue weighted by molar-refractivity contribution is -0.115. The SMILES string of the molecule is O=C(Cc1ccccc1F)/C1=C/CCCCCC1. The summed E-state index contributed by atoms with van der Waals surface area (Å²) in [6, 6.07) is 6.53. The average molecular weight is 246 g/mol. The van der Waals surface area contributed by atoms with Crippen molar-refractivity contribution in [3.8, 4) is 0 Å². The van der Waals surface area contributed by atoms with Gasteiger partial charge in [-0.25, -0.2) is 4.39 Å². The van der Waals surface area contributed by atoms with E-state index in [4.69, 9.17) is 0 Å². The topological polar surface area (TPSA) is 17.1 Å². The van der Waals surface area contributed by atoms with Gasteiger partial charge in [0.25, 0.3) is 0 Å². The summed E-state index contributed by atoms with van der Waals surface area (Å²) in [7, 11) is 0. The van der Waals surface area contributed by atoms with E-state index < -0.39 is 0 Å². The number of allylic oxidation sites excluding steroid dienone is 2. The number of hydrogen-bond donors (Lipinski definition) is 0. The largest absolute Gasteiger partial charge is 0.294 e. The maximum absolute atomic E-state index is 13.5. The van der Waals surface area contributed by atoms with Gasteiger partial charge in [-0.1, -0.05) is 37.1 Å². The van der Waals surface area contributed by atoms with Gasteiger partial charge in [-0.05, 0) is 42.9 Å². The van der Waals surface area contributed by atoms with Crippen LogP contribution in [0.25, 0.3) is 0 Å². The third kappa shape index (κ3) is 3.52. The molecular formula is C16H19FO. The normalized spacial score (nSPS) is 19.5. The second-order valence-electron chi connectivity index (χ2n) is 4.87. The highest BCUT2D eigenvalue weighted by Crippen LogP contribution is 2.19. The molecule has 0 amide bonds. The van der Waals surface area contributed by atoms with Crippen molar-refractivity contribution < 1.29 is 9.18 Å². The third-order valence-corrected chi connectivity index (χ3v) is 3.46. The Kier molecular flexibility index (Phi) is 4.68. The van der Waals surface area contributed by atoms with Gasteiger partial charge in [-0.15, -0.1) is 0 Å². The minimum atomic E-state index is -0.280. The quantitative estimate of drug-likeness (QED) is 0.780. The number of rotatable bonds is 3. The second kappa shape index (κ2) is 6.48. The Morgan fingerprint density at radius 3 is 2.72 bits per heavy atom. The summed E-state index contributed by atoms with van der Waals surface area (Å²) in [5, 5.41) is 0. The van der Waals surface area contributed by atoms with Crippen molar-refractivity contribution in [3.05, 3.63) is 47.3 Å². The molecule has 0 bridgehead atoms. The zero-order valence-electron chi connectivity index (χ0n) is 10.6. The summed E-state index contributed by atoms with van der Waals surface area (Å²) in [5.74, 6) is -0.195. The number of benzene rings is 1. The first-order valence-electron chi connectivity index (χ1n) is 6.73. The van der Waals surface area contributed by atoms with E-state index in [1.54, 1.807) is 18.2 Å². The molecule has 0 heterocycles. The van der Waals surface area contributed by atoms with Crippen LogP contribution >= 0.6 is 0 Å². The van der Waals surface area contributed by atoms with Gasteiger partial charge in [0.1, 0.15) is 5.82 Å². The lowest BCUT2D eigenvalue weighted by atomic mass is 9.94. The van der Waals surface area contributed by atoms with E-state index in [0.717, 1.165) is 31.3 Å².